The van der Waals surface area contributed by atoms with Crippen molar-refractivity contribution in [1.82, 2.24) is 14.7 Å². The van der Waals surface area contributed by atoms with Crippen molar-refractivity contribution in [3.05, 3.63) is 76.6 Å². The highest BCUT2D eigenvalue weighted by Crippen LogP contribution is 2.32. The van der Waals surface area contributed by atoms with Gasteiger partial charge in [-0.05, 0) is 37.1 Å². The molecule has 3 aromatic rings. The molecule has 1 amide bonds. The summed E-state index contributed by atoms with van der Waals surface area (Å²) in [5.74, 6) is 1.25. The van der Waals surface area contributed by atoms with Crippen LogP contribution in [0.2, 0.25) is 0 Å². The molecule has 0 radical (unpaired) electrons. The first kappa shape index (κ1) is 20.7. The normalized spacial score (nSPS) is 13.0. The van der Waals surface area contributed by atoms with E-state index in [-0.39, 0.29) is 24.1 Å². The van der Waals surface area contributed by atoms with Crippen LogP contribution >= 0.6 is 0 Å². The van der Waals surface area contributed by atoms with Gasteiger partial charge < -0.3 is 14.4 Å². The largest absolute Gasteiger partial charge is 0.497 e. The van der Waals surface area contributed by atoms with Crippen LogP contribution in [0.4, 0.5) is 0 Å². The lowest BCUT2D eigenvalue weighted by atomic mass is 10.1. The van der Waals surface area contributed by atoms with Crippen molar-refractivity contribution in [3.8, 4) is 22.8 Å². The summed E-state index contributed by atoms with van der Waals surface area (Å²) in [5.41, 5.74) is 2.10. The van der Waals surface area contributed by atoms with Crippen LogP contribution in [0.15, 0.2) is 65.5 Å². The third kappa shape index (κ3) is 4.77. The molecule has 0 N–H and O–H groups in total. The minimum atomic E-state index is -0.303. The van der Waals surface area contributed by atoms with Crippen LogP contribution in [0.25, 0.3) is 11.3 Å². The van der Waals surface area contributed by atoms with E-state index in [1.54, 1.807) is 25.2 Å². The number of nitrogens with zero attached hydrogens (tertiary/aromatic N) is 3. The molecule has 1 saturated carbocycles. The first-order chi connectivity index (χ1) is 15.1. The van der Waals surface area contributed by atoms with E-state index < -0.39 is 0 Å². The van der Waals surface area contributed by atoms with Crippen molar-refractivity contribution in [2.75, 3.05) is 14.2 Å². The summed E-state index contributed by atoms with van der Waals surface area (Å²) in [6.07, 6.45) is 1.90. The maximum atomic E-state index is 13.2. The van der Waals surface area contributed by atoms with E-state index in [1.165, 1.54) is 10.7 Å². The topological polar surface area (TPSA) is 73.7 Å². The average molecular weight is 419 g/mol. The molecule has 4 rings (SSSR count). The number of ether oxygens (including phenoxy) is 2. The zero-order valence-corrected chi connectivity index (χ0v) is 17.7. The van der Waals surface area contributed by atoms with Gasteiger partial charge in [0, 0.05) is 29.8 Å². The second kappa shape index (κ2) is 9.04. The van der Waals surface area contributed by atoms with Crippen molar-refractivity contribution in [2.24, 2.45) is 0 Å². The summed E-state index contributed by atoms with van der Waals surface area (Å²) in [6.45, 7) is 0.277. The van der Waals surface area contributed by atoms with Gasteiger partial charge in [-0.2, -0.15) is 5.10 Å². The number of amides is 1. The molecule has 1 aromatic heterocycles. The van der Waals surface area contributed by atoms with E-state index in [4.69, 9.17) is 9.47 Å². The molecule has 1 heterocycles. The van der Waals surface area contributed by atoms with Gasteiger partial charge in [0.05, 0.1) is 19.9 Å². The van der Waals surface area contributed by atoms with E-state index in [0.717, 1.165) is 24.0 Å². The number of hydrogen-bond acceptors (Lipinski definition) is 5. The number of hydrogen-bond donors (Lipinski definition) is 0. The minimum absolute atomic E-state index is 0.109. The molecule has 0 aliphatic heterocycles. The van der Waals surface area contributed by atoms with Crippen LogP contribution in [0, 0.1) is 0 Å². The number of benzene rings is 2. The third-order valence-electron chi connectivity index (χ3n) is 5.36. The number of carbonyl (C=O) groups excluding carboxylic acids is 1. The van der Waals surface area contributed by atoms with Crippen LogP contribution in [-0.2, 0) is 17.9 Å². The van der Waals surface area contributed by atoms with E-state index >= 15 is 0 Å². The quantitative estimate of drug-likeness (QED) is 0.561. The van der Waals surface area contributed by atoms with E-state index in [9.17, 15) is 9.59 Å². The molecule has 0 atom stereocenters. The maximum absolute atomic E-state index is 13.2. The van der Waals surface area contributed by atoms with Crippen molar-refractivity contribution < 1.29 is 14.3 Å². The summed E-state index contributed by atoms with van der Waals surface area (Å²) in [7, 11) is 3.21. The monoisotopic (exact) mass is 419 g/mol. The molecular weight excluding hydrogens is 394 g/mol. The van der Waals surface area contributed by atoms with Gasteiger partial charge in [0.25, 0.3) is 5.56 Å². The first-order valence-corrected chi connectivity index (χ1v) is 10.2. The Morgan fingerprint density at radius 2 is 1.84 bits per heavy atom. The Balaban J connectivity index is 1.58. The zero-order chi connectivity index (χ0) is 21.8. The number of methoxy groups -OCH3 is 2. The molecule has 1 aliphatic carbocycles. The Morgan fingerprint density at radius 3 is 2.52 bits per heavy atom. The van der Waals surface area contributed by atoms with Crippen molar-refractivity contribution >= 4 is 5.91 Å². The molecule has 31 heavy (non-hydrogen) atoms. The Morgan fingerprint density at radius 1 is 1.06 bits per heavy atom. The van der Waals surface area contributed by atoms with Gasteiger partial charge in [-0.25, -0.2) is 4.68 Å². The summed E-state index contributed by atoms with van der Waals surface area (Å²) < 4.78 is 12.0. The molecule has 2 aromatic carbocycles. The van der Waals surface area contributed by atoms with Crippen LogP contribution < -0.4 is 15.0 Å². The lowest BCUT2D eigenvalue weighted by molar-refractivity contribution is -0.133. The fourth-order valence-electron chi connectivity index (χ4n) is 3.54. The SMILES string of the molecule is COc1ccc(OC)c(CN(C(=O)Cn2nc(-c3ccccc3)ccc2=O)C2CC2)c1. The molecule has 160 valence electrons. The summed E-state index contributed by atoms with van der Waals surface area (Å²) in [4.78, 5) is 27.4. The van der Waals surface area contributed by atoms with Gasteiger partial charge in [0.15, 0.2) is 0 Å². The molecule has 7 heteroatoms. The second-order valence-corrected chi connectivity index (χ2v) is 7.51. The lowest BCUT2D eigenvalue weighted by Crippen LogP contribution is -2.38. The fourth-order valence-corrected chi connectivity index (χ4v) is 3.54. The van der Waals surface area contributed by atoms with Crippen molar-refractivity contribution in [3.63, 3.8) is 0 Å². The fraction of sp³-hybridized carbons (Fsp3) is 0.292. The molecule has 0 bridgehead atoms. The van der Waals surface area contributed by atoms with Crippen LogP contribution in [-0.4, -0.2) is 40.8 Å². The van der Waals surface area contributed by atoms with Crippen molar-refractivity contribution in [1.29, 1.82) is 0 Å². The number of carbonyl (C=O) groups is 1. The Hall–Kier alpha value is -3.61. The highest BCUT2D eigenvalue weighted by atomic mass is 16.5. The standard InChI is InChI=1S/C24H25N3O4/c1-30-20-10-12-22(31-2)18(14-20)15-26(19-8-9-19)24(29)16-27-23(28)13-11-21(25-27)17-6-4-3-5-7-17/h3-7,10-14,19H,8-9,15-16H2,1-2H3. The molecular formula is C24H25N3O4. The van der Waals surface area contributed by atoms with E-state index in [1.807, 2.05) is 48.5 Å². The third-order valence-corrected chi connectivity index (χ3v) is 5.36. The first-order valence-electron chi connectivity index (χ1n) is 10.2. The van der Waals surface area contributed by atoms with Gasteiger partial charge in [-0.1, -0.05) is 30.3 Å². The lowest BCUT2D eigenvalue weighted by Gasteiger charge is -2.24. The summed E-state index contributed by atoms with van der Waals surface area (Å²) >= 11 is 0. The average Bonchev–Trinajstić information content (AvgIpc) is 3.64. The van der Waals surface area contributed by atoms with Crippen LogP contribution in [0.5, 0.6) is 11.5 Å². The van der Waals surface area contributed by atoms with Crippen molar-refractivity contribution in [2.45, 2.75) is 32.0 Å². The van der Waals surface area contributed by atoms with Gasteiger partial charge in [-0.15, -0.1) is 0 Å². The van der Waals surface area contributed by atoms with E-state index in [2.05, 4.69) is 5.10 Å². The Bertz CT molecular complexity index is 1120. The smallest absolute Gasteiger partial charge is 0.267 e. The van der Waals surface area contributed by atoms with Crippen LogP contribution in [0.3, 0.4) is 0 Å². The summed E-state index contributed by atoms with van der Waals surface area (Å²) in [5, 5.41) is 4.42. The van der Waals surface area contributed by atoms with Crippen LogP contribution in [0.1, 0.15) is 18.4 Å². The van der Waals surface area contributed by atoms with Gasteiger partial charge in [0.1, 0.15) is 18.0 Å². The second-order valence-electron chi connectivity index (χ2n) is 7.51. The zero-order valence-electron chi connectivity index (χ0n) is 17.7. The minimum Gasteiger partial charge on any atom is -0.497 e. The number of rotatable bonds is 8. The summed E-state index contributed by atoms with van der Waals surface area (Å²) in [6, 6.07) is 18.4. The van der Waals surface area contributed by atoms with Gasteiger partial charge in [0.2, 0.25) is 5.91 Å². The van der Waals surface area contributed by atoms with Gasteiger partial charge >= 0.3 is 0 Å². The predicted octanol–water partition coefficient (Wildman–Crippen LogP) is 3.12. The van der Waals surface area contributed by atoms with E-state index in [0.29, 0.717) is 23.7 Å². The predicted molar refractivity (Wildman–Crippen MR) is 117 cm³/mol. The molecule has 0 spiro atoms. The Kier molecular flexibility index (Phi) is 6.02. The highest BCUT2D eigenvalue weighted by Gasteiger charge is 2.33. The molecule has 1 aliphatic rings. The maximum Gasteiger partial charge on any atom is 0.267 e. The molecule has 1 fully saturated rings. The number of aromatic nitrogens is 2. The molecule has 0 unspecified atom stereocenters. The molecule has 7 nitrogen and oxygen atoms in total. The van der Waals surface area contributed by atoms with Gasteiger partial charge in [-0.3, -0.25) is 9.59 Å². The molecule has 0 saturated heterocycles. The Labute approximate surface area is 180 Å². The highest BCUT2D eigenvalue weighted by molar-refractivity contribution is 5.77.